The molecule has 2 rings (SSSR count). The fourth-order valence-electron chi connectivity index (χ4n) is 3.32. The molecule has 150 valence electrons. The van der Waals surface area contributed by atoms with E-state index in [0.29, 0.717) is 5.56 Å². The highest BCUT2D eigenvalue weighted by Gasteiger charge is 2.10. The maximum Gasteiger partial charge on any atom is 0.251 e. The number of guanidine groups is 1. The number of rotatable bonds is 10. The first-order chi connectivity index (χ1) is 13.2. The van der Waals surface area contributed by atoms with Crippen LogP contribution in [-0.4, -0.2) is 63.1 Å². The Hall–Kier alpha value is -2.08. The van der Waals surface area contributed by atoms with Crippen LogP contribution >= 0.6 is 0 Å². The molecule has 0 aromatic heterocycles. The zero-order valence-electron chi connectivity index (χ0n) is 16.9. The van der Waals surface area contributed by atoms with Gasteiger partial charge in [-0.3, -0.25) is 9.79 Å². The van der Waals surface area contributed by atoms with Crippen LogP contribution in [0, 0.1) is 0 Å². The minimum atomic E-state index is -0.0476. The van der Waals surface area contributed by atoms with Crippen LogP contribution in [0.2, 0.25) is 0 Å². The Labute approximate surface area is 163 Å². The summed E-state index contributed by atoms with van der Waals surface area (Å²) in [5.41, 5.74) is 1.85. The summed E-state index contributed by atoms with van der Waals surface area (Å²) in [7, 11) is 1.65. The molecule has 1 heterocycles. The molecule has 1 fully saturated rings. The molecular formula is C21H35N5O. The molecule has 0 unspecified atom stereocenters. The van der Waals surface area contributed by atoms with Gasteiger partial charge in [0.15, 0.2) is 5.96 Å². The second-order valence-corrected chi connectivity index (χ2v) is 6.97. The predicted molar refractivity (Wildman–Crippen MR) is 112 cm³/mol. The van der Waals surface area contributed by atoms with E-state index in [1.807, 2.05) is 18.2 Å². The quantitative estimate of drug-likeness (QED) is 0.333. The Bertz CT molecular complexity index is 596. The maximum absolute atomic E-state index is 11.7. The van der Waals surface area contributed by atoms with Gasteiger partial charge in [-0.05, 0) is 76.4 Å². The number of amides is 1. The van der Waals surface area contributed by atoms with Gasteiger partial charge in [-0.25, -0.2) is 0 Å². The van der Waals surface area contributed by atoms with Gasteiger partial charge in [0.25, 0.3) is 5.91 Å². The highest BCUT2D eigenvalue weighted by atomic mass is 16.1. The van der Waals surface area contributed by atoms with Gasteiger partial charge in [0.05, 0.1) is 0 Å². The fourth-order valence-corrected chi connectivity index (χ4v) is 3.32. The summed E-state index contributed by atoms with van der Waals surface area (Å²) in [5, 5.41) is 9.36. The van der Waals surface area contributed by atoms with Gasteiger partial charge in [0.2, 0.25) is 0 Å². The average Bonchev–Trinajstić information content (AvgIpc) is 3.21. The second-order valence-electron chi connectivity index (χ2n) is 6.97. The van der Waals surface area contributed by atoms with E-state index in [2.05, 4.69) is 38.8 Å². The van der Waals surface area contributed by atoms with Gasteiger partial charge in [-0.15, -0.1) is 0 Å². The average molecular weight is 374 g/mol. The molecule has 1 aliphatic rings. The van der Waals surface area contributed by atoms with E-state index >= 15 is 0 Å². The first kappa shape index (κ1) is 21.2. The molecular weight excluding hydrogens is 338 g/mol. The van der Waals surface area contributed by atoms with Crippen molar-refractivity contribution < 1.29 is 4.79 Å². The third-order valence-electron chi connectivity index (χ3n) is 4.82. The molecule has 6 nitrogen and oxygen atoms in total. The Morgan fingerprint density at radius 3 is 2.74 bits per heavy atom. The lowest BCUT2D eigenvalue weighted by atomic mass is 10.1. The fraction of sp³-hybridized carbons (Fsp3) is 0.619. The molecule has 1 aromatic carbocycles. The minimum Gasteiger partial charge on any atom is -0.357 e. The van der Waals surface area contributed by atoms with E-state index in [4.69, 9.17) is 0 Å². The number of aliphatic imine (C=N–C) groups is 1. The monoisotopic (exact) mass is 373 g/mol. The van der Waals surface area contributed by atoms with Crippen LogP contribution in [-0.2, 0) is 6.42 Å². The normalized spacial score (nSPS) is 15.0. The maximum atomic E-state index is 11.7. The van der Waals surface area contributed by atoms with Gasteiger partial charge in [-0.2, -0.15) is 0 Å². The first-order valence-corrected chi connectivity index (χ1v) is 10.3. The molecule has 0 spiro atoms. The Kier molecular flexibility index (Phi) is 9.69. The molecule has 3 N–H and O–H groups in total. The van der Waals surface area contributed by atoms with Crippen molar-refractivity contribution in [2.45, 2.75) is 39.0 Å². The lowest BCUT2D eigenvalue weighted by Gasteiger charge is -2.14. The molecule has 0 aliphatic carbocycles. The lowest BCUT2D eigenvalue weighted by molar-refractivity contribution is 0.0963. The molecule has 1 aliphatic heterocycles. The van der Waals surface area contributed by atoms with Crippen molar-refractivity contribution in [3.63, 3.8) is 0 Å². The molecule has 0 atom stereocenters. The van der Waals surface area contributed by atoms with Crippen molar-refractivity contribution in [1.82, 2.24) is 20.9 Å². The topological polar surface area (TPSA) is 68.8 Å². The van der Waals surface area contributed by atoms with Crippen LogP contribution in [0.1, 0.15) is 48.5 Å². The standard InChI is InChI=1S/C21H35N5O/c1-3-23-21(24-12-4-5-14-26-15-6-7-16-26)25-13-11-18-9-8-10-19(17-18)20(27)22-2/h8-10,17H,3-7,11-16H2,1-2H3,(H,22,27)(H2,23,24,25). The van der Waals surface area contributed by atoms with Crippen molar-refractivity contribution in [3.05, 3.63) is 35.4 Å². The molecule has 0 saturated carbocycles. The van der Waals surface area contributed by atoms with Crippen LogP contribution < -0.4 is 16.0 Å². The van der Waals surface area contributed by atoms with Crippen LogP contribution in [0.15, 0.2) is 29.3 Å². The van der Waals surface area contributed by atoms with Crippen molar-refractivity contribution in [1.29, 1.82) is 0 Å². The number of hydrogen-bond donors (Lipinski definition) is 3. The van der Waals surface area contributed by atoms with Gasteiger partial charge in [0, 0.05) is 32.2 Å². The molecule has 0 radical (unpaired) electrons. The van der Waals surface area contributed by atoms with Gasteiger partial charge >= 0.3 is 0 Å². The van der Waals surface area contributed by atoms with Crippen molar-refractivity contribution in [2.75, 3.05) is 46.3 Å². The van der Waals surface area contributed by atoms with Crippen molar-refractivity contribution >= 4 is 11.9 Å². The Morgan fingerprint density at radius 2 is 2.00 bits per heavy atom. The summed E-state index contributed by atoms with van der Waals surface area (Å²) < 4.78 is 0. The predicted octanol–water partition coefficient (Wildman–Crippen LogP) is 2.02. The summed E-state index contributed by atoms with van der Waals surface area (Å²) in [6.07, 6.45) is 5.91. The molecule has 6 heteroatoms. The van der Waals surface area contributed by atoms with E-state index in [-0.39, 0.29) is 5.91 Å². The highest BCUT2D eigenvalue weighted by Crippen LogP contribution is 2.08. The third-order valence-corrected chi connectivity index (χ3v) is 4.82. The number of nitrogens with one attached hydrogen (secondary N) is 3. The van der Waals surface area contributed by atoms with Crippen LogP contribution in [0.3, 0.4) is 0 Å². The summed E-state index contributed by atoms with van der Waals surface area (Å²) in [4.78, 5) is 19.0. The molecule has 1 saturated heterocycles. The number of likely N-dealkylation sites (tertiary alicyclic amines) is 1. The third kappa shape index (κ3) is 7.99. The molecule has 1 aromatic rings. The zero-order valence-corrected chi connectivity index (χ0v) is 16.9. The Balaban J connectivity index is 1.70. The molecule has 0 bridgehead atoms. The molecule has 27 heavy (non-hydrogen) atoms. The number of hydrogen-bond acceptors (Lipinski definition) is 3. The first-order valence-electron chi connectivity index (χ1n) is 10.3. The SMILES string of the molecule is CCNC(=NCCCCN1CCCC1)NCCc1cccc(C(=O)NC)c1. The van der Waals surface area contributed by atoms with Crippen molar-refractivity contribution in [2.24, 2.45) is 4.99 Å². The number of unbranched alkanes of at least 4 members (excludes halogenated alkanes) is 1. The van der Waals surface area contributed by atoms with E-state index < -0.39 is 0 Å². The van der Waals surface area contributed by atoms with Crippen LogP contribution in [0.5, 0.6) is 0 Å². The van der Waals surface area contributed by atoms with Gasteiger partial charge in [-0.1, -0.05) is 12.1 Å². The van der Waals surface area contributed by atoms with E-state index in [9.17, 15) is 4.79 Å². The van der Waals surface area contributed by atoms with Crippen LogP contribution in [0.4, 0.5) is 0 Å². The smallest absolute Gasteiger partial charge is 0.251 e. The summed E-state index contributed by atoms with van der Waals surface area (Å²) >= 11 is 0. The van der Waals surface area contributed by atoms with E-state index in [1.165, 1.54) is 38.9 Å². The summed E-state index contributed by atoms with van der Waals surface area (Å²) in [5.74, 6) is 0.828. The number of carbonyl (C=O) groups is 1. The summed E-state index contributed by atoms with van der Waals surface area (Å²) in [6, 6.07) is 7.77. The number of carbonyl (C=O) groups excluding carboxylic acids is 1. The summed E-state index contributed by atoms with van der Waals surface area (Å²) in [6.45, 7) is 8.33. The highest BCUT2D eigenvalue weighted by molar-refractivity contribution is 5.94. The van der Waals surface area contributed by atoms with E-state index in [0.717, 1.165) is 44.0 Å². The lowest BCUT2D eigenvalue weighted by Crippen LogP contribution is -2.38. The number of benzene rings is 1. The van der Waals surface area contributed by atoms with E-state index in [1.54, 1.807) is 7.05 Å². The Morgan fingerprint density at radius 1 is 1.19 bits per heavy atom. The zero-order chi connectivity index (χ0) is 19.3. The van der Waals surface area contributed by atoms with Crippen LogP contribution in [0.25, 0.3) is 0 Å². The van der Waals surface area contributed by atoms with Gasteiger partial charge in [0.1, 0.15) is 0 Å². The number of nitrogens with zero attached hydrogens (tertiary/aromatic N) is 2. The van der Waals surface area contributed by atoms with Crippen molar-refractivity contribution in [3.8, 4) is 0 Å². The molecule has 1 amide bonds. The van der Waals surface area contributed by atoms with Gasteiger partial charge < -0.3 is 20.9 Å². The largest absolute Gasteiger partial charge is 0.357 e. The second kappa shape index (κ2) is 12.3. The minimum absolute atomic E-state index is 0.0476.